The van der Waals surface area contributed by atoms with Gasteiger partial charge in [0.05, 0.1) is 0 Å². The Morgan fingerprint density at radius 3 is 0.653 bits per heavy atom. The second-order valence-corrected chi connectivity index (χ2v) is 17.7. The van der Waals surface area contributed by atoms with E-state index in [0.717, 1.165) is 0 Å². The molecule has 0 N–H and O–H groups in total. The van der Waals surface area contributed by atoms with E-state index in [-0.39, 0.29) is 15.9 Å². The van der Waals surface area contributed by atoms with Gasteiger partial charge in [-0.1, -0.05) is 197 Å². The van der Waals surface area contributed by atoms with E-state index in [4.69, 9.17) is 19.1 Å². The van der Waals surface area contributed by atoms with Gasteiger partial charge in [0.1, 0.15) is 0 Å². The molecule has 49 heavy (non-hydrogen) atoms. The fourth-order valence-corrected chi connectivity index (χ4v) is 11.0. The summed E-state index contributed by atoms with van der Waals surface area (Å²) in [6.45, 7) is 0. The van der Waals surface area contributed by atoms with Crippen molar-refractivity contribution in [3.63, 3.8) is 0 Å². The summed E-state index contributed by atoms with van der Waals surface area (Å²) in [5.74, 6) is 0. The van der Waals surface area contributed by atoms with Gasteiger partial charge in [0.15, 0.2) is 0 Å². The van der Waals surface area contributed by atoms with Crippen LogP contribution in [0.3, 0.4) is 0 Å². The molecule has 6 aromatic carbocycles. The molecule has 0 aliphatic rings. The van der Waals surface area contributed by atoms with Crippen LogP contribution >= 0.6 is 34.1 Å². The predicted molar refractivity (Wildman–Crippen MR) is 214 cm³/mol. The maximum atomic E-state index is 4.81. The molecular weight excluding hydrogens is 768 g/mol. The van der Waals surface area contributed by atoms with Gasteiger partial charge in [-0.25, -0.2) is 0 Å². The molecule has 2 heterocycles. The first-order valence-corrected chi connectivity index (χ1v) is 22.6. The van der Waals surface area contributed by atoms with Crippen LogP contribution in [0, 0.1) is 0 Å². The normalized spacial score (nSPS) is 10.4. The van der Waals surface area contributed by atoms with Crippen molar-refractivity contribution in [3.8, 4) is 54.0 Å². The number of benzene rings is 6. The monoisotopic (exact) mass is 800 g/mol. The number of hydrogen-bond donors (Lipinski definition) is 0. The summed E-state index contributed by atoms with van der Waals surface area (Å²) in [6, 6.07) is 74.0. The summed E-state index contributed by atoms with van der Waals surface area (Å²) in [5, 5.41) is 8.56. The molecule has 8 rings (SSSR count). The molecule has 2 aromatic heterocycles. The predicted octanol–water partition coefficient (Wildman–Crippen LogP) is 15.4. The third-order valence-corrected chi connectivity index (χ3v) is 13.3. The molecule has 0 bridgehead atoms. The molecule has 0 spiro atoms. The van der Waals surface area contributed by atoms with Crippen LogP contribution in [0.15, 0.2) is 206 Å². The third kappa shape index (κ3) is 8.84. The van der Waals surface area contributed by atoms with Crippen molar-refractivity contribution in [2.45, 2.75) is 0 Å². The summed E-state index contributed by atoms with van der Waals surface area (Å²) in [6.07, 6.45) is 0. The van der Waals surface area contributed by atoms with Crippen molar-refractivity contribution in [1.82, 2.24) is 0 Å². The number of hydrogen-bond acceptors (Lipinski definition) is 0. The molecule has 8 aromatic rings. The van der Waals surface area contributed by atoms with E-state index in [0.29, 0.717) is 0 Å². The van der Waals surface area contributed by atoms with Gasteiger partial charge in [-0.2, -0.15) is 0 Å². The minimum absolute atomic E-state index is 0.106. The van der Waals surface area contributed by atoms with Gasteiger partial charge in [-0.05, 0) is 57.1 Å². The van der Waals surface area contributed by atoms with Crippen LogP contribution in [0.5, 0.6) is 0 Å². The molecule has 244 valence electrons. The van der Waals surface area contributed by atoms with Gasteiger partial charge in [0.25, 0.3) is 0 Å². The zero-order valence-corrected chi connectivity index (χ0v) is 31.5. The molecule has 5 heteroatoms. The van der Waals surface area contributed by atoms with Crippen molar-refractivity contribution in [2.24, 2.45) is 0 Å². The fourth-order valence-electron chi connectivity index (χ4n) is 5.92. The van der Waals surface area contributed by atoms with E-state index in [1.165, 1.54) is 54.0 Å². The zero-order valence-electron chi connectivity index (χ0n) is 26.6. The second kappa shape index (κ2) is 18.2. The van der Waals surface area contributed by atoms with Crippen molar-refractivity contribution in [2.75, 3.05) is 0 Å². The molecule has 0 radical (unpaired) electrons. The van der Waals surface area contributed by atoms with Gasteiger partial charge in [-0.3, -0.25) is 0 Å². The fraction of sp³-hybridized carbons (Fsp3) is 0. The first-order chi connectivity index (χ1) is 24.3. The Labute approximate surface area is 308 Å². The van der Waals surface area contributed by atoms with E-state index in [1.807, 2.05) is 0 Å². The second-order valence-electron chi connectivity index (χ2n) is 11.1. The molecule has 0 aliphatic carbocycles. The Balaban J connectivity index is 0.000000158. The maximum Gasteiger partial charge on any atom is 0.00622 e. The van der Waals surface area contributed by atoms with Crippen LogP contribution in [-0.4, -0.2) is 0 Å². The van der Waals surface area contributed by atoms with Crippen molar-refractivity contribution >= 4 is 34.1 Å². The molecule has 0 fully saturated rings. The first kappa shape index (κ1) is 35.0. The average molecular weight is 802 g/mol. The topological polar surface area (TPSA) is 0 Å². The van der Waals surface area contributed by atoms with E-state index in [9.17, 15) is 0 Å². The van der Waals surface area contributed by atoms with Crippen LogP contribution in [0.25, 0.3) is 54.0 Å². The van der Waals surface area contributed by atoms with Crippen LogP contribution in [0.2, 0.25) is 0 Å². The standard InChI is InChI=1S/2C22H17P.2ClH.Pd/c2*1-4-10-18(11-5-1)21-16-17-22(19-12-6-2-7-13-19)23(21)20-14-8-3-9-15-20;;;/h2*1-17H;2*1H;/q;;;;+2/p-2. The molecule has 0 nitrogen and oxygen atoms in total. The van der Waals surface area contributed by atoms with Crippen molar-refractivity contribution < 1.29 is 15.9 Å². The largest absolute Gasteiger partial charge is 0.0773 e. The van der Waals surface area contributed by atoms with E-state index in [2.05, 4.69) is 206 Å². The first-order valence-electron chi connectivity index (χ1n) is 15.9. The molecule has 0 amide bonds. The van der Waals surface area contributed by atoms with Gasteiger partial charge in [0, 0.05) is 21.2 Å². The Kier molecular flexibility index (Phi) is 13.0. The van der Waals surface area contributed by atoms with Crippen LogP contribution in [0.1, 0.15) is 0 Å². The van der Waals surface area contributed by atoms with Crippen LogP contribution < -0.4 is 0 Å². The summed E-state index contributed by atoms with van der Waals surface area (Å²) < 4.78 is 0. The molecule has 0 unspecified atom stereocenters. The Bertz CT molecular complexity index is 1860. The molecule has 0 aliphatic heterocycles. The SMILES string of the molecule is [Cl][Pd][Cl].c1ccc(-c2ccc(-c3ccccc3)p2-c2ccccc2)cc1.c1ccc(-c2ccc(-c3ccccc3)p2-c2ccccc2)cc1. The van der Waals surface area contributed by atoms with Crippen LogP contribution in [-0.2, 0) is 15.9 Å². The van der Waals surface area contributed by atoms with Crippen molar-refractivity contribution in [1.29, 1.82) is 0 Å². The number of rotatable bonds is 6. The third-order valence-electron chi connectivity index (χ3n) is 8.07. The van der Waals surface area contributed by atoms with E-state index < -0.39 is 15.1 Å². The quantitative estimate of drug-likeness (QED) is 0.147. The summed E-state index contributed by atoms with van der Waals surface area (Å²) in [5.41, 5.74) is 5.29. The molecule has 0 saturated heterocycles. The average Bonchev–Trinajstić information content (AvgIpc) is 3.84. The van der Waals surface area contributed by atoms with E-state index in [1.54, 1.807) is 0 Å². The molecule has 0 saturated carbocycles. The number of halogens is 2. The molecular formula is C44H34Cl2P2Pd. The molecule has 0 atom stereocenters. The smallest absolute Gasteiger partial charge is 0.00622 e. The Morgan fingerprint density at radius 2 is 0.449 bits per heavy atom. The summed E-state index contributed by atoms with van der Waals surface area (Å²) in [7, 11) is 8.63. The maximum absolute atomic E-state index is 4.81. The van der Waals surface area contributed by atoms with Crippen molar-refractivity contribution in [3.05, 3.63) is 206 Å². The van der Waals surface area contributed by atoms with Gasteiger partial charge >= 0.3 is 35.0 Å². The van der Waals surface area contributed by atoms with Gasteiger partial charge in [-0.15, -0.1) is 0 Å². The van der Waals surface area contributed by atoms with E-state index >= 15 is 0 Å². The Hall–Kier alpha value is -3.88. The van der Waals surface area contributed by atoms with Gasteiger partial charge < -0.3 is 0 Å². The zero-order chi connectivity index (χ0) is 33.7. The minimum Gasteiger partial charge on any atom is -0.0773 e. The van der Waals surface area contributed by atoms with Gasteiger partial charge in [0.2, 0.25) is 0 Å². The summed E-state index contributed by atoms with van der Waals surface area (Å²) >= 11 is -0.106. The summed E-state index contributed by atoms with van der Waals surface area (Å²) in [4.78, 5) is 0. The van der Waals surface area contributed by atoms with Crippen LogP contribution in [0.4, 0.5) is 0 Å². The Morgan fingerprint density at radius 1 is 0.265 bits per heavy atom. The minimum atomic E-state index is -0.497.